The summed E-state index contributed by atoms with van der Waals surface area (Å²) >= 11 is 0. The van der Waals surface area contributed by atoms with E-state index in [0.717, 1.165) is 31.4 Å². The smallest absolute Gasteiger partial charge is 0.320 e. The Morgan fingerprint density at radius 1 is 0.939 bits per heavy atom. The van der Waals surface area contributed by atoms with Gasteiger partial charge in [0.2, 0.25) is 5.82 Å². The van der Waals surface area contributed by atoms with Gasteiger partial charge in [-0.3, -0.25) is 14.5 Å². The van der Waals surface area contributed by atoms with E-state index in [4.69, 9.17) is 0 Å². The Labute approximate surface area is 192 Å². The van der Waals surface area contributed by atoms with Crippen molar-refractivity contribution in [3.05, 3.63) is 30.3 Å². The number of carbonyl (C=O) groups is 2. The summed E-state index contributed by atoms with van der Waals surface area (Å²) in [7, 11) is 0. The van der Waals surface area contributed by atoms with Crippen LogP contribution in [0, 0.1) is 17.8 Å². The van der Waals surface area contributed by atoms with E-state index >= 15 is 0 Å². The molecule has 33 heavy (non-hydrogen) atoms. The Bertz CT molecular complexity index is 998. The Morgan fingerprint density at radius 2 is 1.76 bits per heavy atom. The first kappa shape index (κ1) is 22.0. The van der Waals surface area contributed by atoms with Crippen LogP contribution in [-0.2, 0) is 9.59 Å². The van der Waals surface area contributed by atoms with Crippen molar-refractivity contribution in [2.24, 2.45) is 17.8 Å². The predicted octanol–water partition coefficient (Wildman–Crippen LogP) is 1.52. The van der Waals surface area contributed by atoms with E-state index in [-0.39, 0.29) is 12.1 Å². The van der Waals surface area contributed by atoms with E-state index in [1.807, 2.05) is 30.3 Å². The van der Waals surface area contributed by atoms with Crippen molar-refractivity contribution < 1.29 is 19.8 Å². The molecule has 2 saturated heterocycles. The van der Waals surface area contributed by atoms with Crippen molar-refractivity contribution in [3.63, 3.8) is 0 Å². The lowest BCUT2D eigenvalue weighted by molar-refractivity contribution is -0.146. The summed E-state index contributed by atoms with van der Waals surface area (Å²) in [4.78, 5) is 27.3. The summed E-state index contributed by atoms with van der Waals surface area (Å²) < 4.78 is 0. The zero-order valence-electron chi connectivity index (χ0n) is 18.5. The zero-order valence-corrected chi connectivity index (χ0v) is 18.5. The van der Waals surface area contributed by atoms with Crippen molar-refractivity contribution in [2.45, 2.75) is 50.2 Å². The molecule has 0 radical (unpaired) electrons. The van der Waals surface area contributed by atoms with Gasteiger partial charge in [-0.05, 0) is 55.7 Å². The third-order valence-corrected chi connectivity index (χ3v) is 7.68. The molecule has 176 valence electrons. The van der Waals surface area contributed by atoms with Crippen molar-refractivity contribution >= 4 is 11.9 Å². The maximum absolute atomic E-state index is 12.0. The second kappa shape index (κ2) is 9.18. The Balaban J connectivity index is 1.31. The fraction of sp³-hybridized carbons (Fsp3) is 0.609. The van der Waals surface area contributed by atoms with E-state index in [2.05, 4.69) is 25.6 Å². The average Bonchev–Trinajstić information content (AvgIpc) is 3.34. The third kappa shape index (κ3) is 4.63. The number of tetrazole rings is 1. The second-order valence-corrected chi connectivity index (χ2v) is 9.70. The van der Waals surface area contributed by atoms with Crippen LogP contribution in [-0.4, -0.2) is 79.0 Å². The first-order chi connectivity index (χ1) is 16.0. The van der Waals surface area contributed by atoms with Crippen LogP contribution in [0.15, 0.2) is 30.3 Å². The molecule has 1 aromatic heterocycles. The number of benzene rings is 1. The van der Waals surface area contributed by atoms with Gasteiger partial charge in [0.25, 0.3) is 0 Å². The molecule has 5 rings (SSSR count). The number of fused-ring (bicyclic) bond motifs is 1. The van der Waals surface area contributed by atoms with Crippen LogP contribution >= 0.6 is 0 Å². The minimum Gasteiger partial charge on any atom is -0.481 e. The maximum atomic E-state index is 12.0. The van der Waals surface area contributed by atoms with Crippen LogP contribution in [0.4, 0.5) is 0 Å². The minimum absolute atomic E-state index is 0.165. The van der Waals surface area contributed by atoms with Crippen LogP contribution < -0.4 is 5.32 Å². The molecule has 1 saturated carbocycles. The third-order valence-electron chi connectivity index (χ3n) is 7.68. The highest BCUT2D eigenvalue weighted by molar-refractivity contribution is 5.73. The standard InChI is InChI=1S/C23H30N6O4/c30-22(31)17-9-19(29-26-21(25-27-29)14-4-2-1-3-5-14)13-28(12-17)18-7-6-15-11-24-20(23(32)33)10-16(15)8-18/h1-5,15-20,24H,6-13H2,(H,30,31)(H,32,33)/t15?,16?,17-,18?,19-,20?/m1/s1. The van der Waals surface area contributed by atoms with Gasteiger partial charge < -0.3 is 15.5 Å². The second-order valence-electron chi connectivity index (χ2n) is 9.70. The number of carboxylic acids is 2. The number of aromatic nitrogens is 4. The predicted molar refractivity (Wildman–Crippen MR) is 118 cm³/mol. The Morgan fingerprint density at radius 3 is 2.52 bits per heavy atom. The summed E-state index contributed by atoms with van der Waals surface area (Å²) in [5, 5.41) is 35.4. The lowest BCUT2D eigenvalue weighted by Crippen LogP contribution is -2.54. The van der Waals surface area contributed by atoms with Crippen LogP contribution in [0.3, 0.4) is 0 Å². The molecule has 0 spiro atoms. The number of rotatable bonds is 5. The molecule has 3 heterocycles. The van der Waals surface area contributed by atoms with Crippen LogP contribution in [0.5, 0.6) is 0 Å². The number of likely N-dealkylation sites (tertiary alicyclic amines) is 1. The monoisotopic (exact) mass is 454 g/mol. The topological polar surface area (TPSA) is 133 Å². The molecule has 2 aromatic rings. The lowest BCUT2D eigenvalue weighted by Gasteiger charge is -2.47. The van der Waals surface area contributed by atoms with Gasteiger partial charge in [-0.15, -0.1) is 10.2 Å². The summed E-state index contributed by atoms with van der Waals surface area (Å²) in [5.41, 5.74) is 0.878. The number of hydrogen-bond donors (Lipinski definition) is 3. The molecule has 1 aromatic carbocycles. The summed E-state index contributed by atoms with van der Waals surface area (Å²) in [6.45, 7) is 1.94. The normalized spacial score (nSPS) is 32.7. The zero-order chi connectivity index (χ0) is 22.9. The number of piperidine rings is 2. The molecule has 0 amide bonds. The Hall–Kier alpha value is -2.85. The molecule has 3 fully saturated rings. The highest BCUT2D eigenvalue weighted by atomic mass is 16.4. The summed E-state index contributed by atoms with van der Waals surface area (Å²) in [6.07, 6.45) is 4.06. The fourth-order valence-corrected chi connectivity index (χ4v) is 5.89. The molecule has 3 N–H and O–H groups in total. The van der Waals surface area contributed by atoms with Crippen molar-refractivity contribution in [3.8, 4) is 11.4 Å². The minimum atomic E-state index is -0.797. The van der Waals surface area contributed by atoms with Crippen LogP contribution in [0.1, 0.15) is 38.1 Å². The molecular weight excluding hydrogens is 424 g/mol. The van der Waals surface area contributed by atoms with Crippen LogP contribution in [0.25, 0.3) is 11.4 Å². The van der Waals surface area contributed by atoms with E-state index in [9.17, 15) is 19.8 Å². The van der Waals surface area contributed by atoms with Gasteiger partial charge in [0, 0.05) is 24.7 Å². The van der Waals surface area contributed by atoms with E-state index in [0.29, 0.717) is 43.6 Å². The highest BCUT2D eigenvalue weighted by Crippen LogP contribution is 2.39. The molecule has 10 heteroatoms. The largest absolute Gasteiger partial charge is 0.481 e. The van der Waals surface area contributed by atoms with Crippen LogP contribution in [0.2, 0.25) is 0 Å². The van der Waals surface area contributed by atoms with Gasteiger partial charge in [0.15, 0.2) is 0 Å². The number of nitrogens with zero attached hydrogens (tertiary/aromatic N) is 5. The van der Waals surface area contributed by atoms with Crippen molar-refractivity contribution in [1.29, 1.82) is 0 Å². The quantitative estimate of drug-likeness (QED) is 0.615. The molecule has 6 atom stereocenters. The SMILES string of the molecule is O=C(O)C1CC2CC(N3C[C@H](C(=O)O)C[C@@H](n4nnc(-c5ccccc5)n4)C3)CCC2CN1. The molecular formula is C23H30N6O4. The molecule has 4 unspecified atom stereocenters. The molecule has 2 aliphatic heterocycles. The highest BCUT2D eigenvalue weighted by Gasteiger charge is 2.42. The molecule has 3 aliphatic rings. The number of carboxylic acid groups (broad SMARTS) is 2. The number of nitrogens with one attached hydrogen (secondary N) is 1. The van der Waals surface area contributed by atoms with E-state index in [1.54, 1.807) is 4.80 Å². The van der Waals surface area contributed by atoms with E-state index < -0.39 is 23.9 Å². The van der Waals surface area contributed by atoms with Gasteiger partial charge in [-0.25, -0.2) is 0 Å². The molecule has 10 nitrogen and oxygen atoms in total. The summed E-state index contributed by atoms with van der Waals surface area (Å²) in [6, 6.07) is 9.23. The first-order valence-electron chi connectivity index (χ1n) is 11.8. The average molecular weight is 455 g/mol. The van der Waals surface area contributed by atoms with Gasteiger partial charge >= 0.3 is 11.9 Å². The number of aliphatic carboxylic acids is 2. The molecule has 0 bridgehead atoms. The Kier molecular flexibility index (Phi) is 6.11. The summed E-state index contributed by atoms with van der Waals surface area (Å²) in [5.74, 6) is -0.690. The van der Waals surface area contributed by atoms with Gasteiger partial charge in [0.05, 0.1) is 12.0 Å². The van der Waals surface area contributed by atoms with E-state index in [1.165, 1.54) is 0 Å². The lowest BCUT2D eigenvalue weighted by atomic mass is 9.71. The molecule has 1 aliphatic carbocycles. The van der Waals surface area contributed by atoms with Gasteiger partial charge in [-0.1, -0.05) is 30.3 Å². The van der Waals surface area contributed by atoms with Gasteiger partial charge in [0.1, 0.15) is 6.04 Å². The van der Waals surface area contributed by atoms with Crippen molar-refractivity contribution in [1.82, 2.24) is 30.4 Å². The maximum Gasteiger partial charge on any atom is 0.320 e. The first-order valence-corrected chi connectivity index (χ1v) is 11.8. The fourth-order valence-electron chi connectivity index (χ4n) is 5.89. The number of hydrogen-bond acceptors (Lipinski definition) is 7. The van der Waals surface area contributed by atoms with Gasteiger partial charge in [-0.2, -0.15) is 4.80 Å². The van der Waals surface area contributed by atoms with Crippen molar-refractivity contribution in [2.75, 3.05) is 19.6 Å².